The van der Waals surface area contributed by atoms with E-state index in [4.69, 9.17) is 11.6 Å². The topological polar surface area (TPSA) is 37.8 Å². The molecular weight excluding hydrogens is 290 g/mol. The summed E-state index contributed by atoms with van der Waals surface area (Å²) < 4.78 is 8.50. The summed E-state index contributed by atoms with van der Waals surface area (Å²) in [7, 11) is 0. The van der Waals surface area contributed by atoms with Gasteiger partial charge in [0.05, 0.1) is 22.4 Å². The van der Waals surface area contributed by atoms with Gasteiger partial charge in [-0.05, 0) is 23.3 Å². The van der Waals surface area contributed by atoms with E-state index in [1.54, 1.807) is 0 Å². The number of hydrogen-bond acceptors (Lipinski definition) is 4. The predicted octanol–water partition coefficient (Wildman–Crippen LogP) is 4.47. The maximum absolute atomic E-state index is 6.23. The Labute approximate surface area is 126 Å². The fourth-order valence-corrected chi connectivity index (χ4v) is 2.73. The molecule has 0 unspecified atom stereocenters. The van der Waals surface area contributed by atoms with Gasteiger partial charge in [0.15, 0.2) is 0 Å². The molecule has 20 heavy (non-hydrogen) atoms. The van der Waals surface area contributed by atoms with Crippen molar-refractivity contribution in [3.63, 3.8) is 0 Å². The van der Waals surface area contributed by atoms with Crippen molar-refractivity contribution in [2.45, 2.75) is 0 Å². The second-order valence-electron chi connectivity index (χ2n) is 4.38. The van der Waals surface area contributed by atoms with E-state index in [0.29, 0.717) is 11.6 Å². The number of rotatable bonds is 4. The molecule has 0 spiro atoms. The molecular formula is C15H12ClN3S. The van der Waals surface area contributed by atoms with E-state index in [9.17, 15) is 0 Å². The minimum absolute atomic E-state index is 0.611. The molecule has 0 amide bonds. The van der Waals surface area contributed by atoms with Gasteiger partial charge in [-0.3, -0.25) is 0 Å². The van der Waals surface area contributed by atoms with Crippen molar-refractivity contribution in [3.05, 3.63) is 59.6 Å². The third-order valence-corrected chi connectivity index (χ3v) is 3.90. The van der Waals surface area contributed by atoms with Crippen LogP contribution in [0.2, 0.25) is 5.02 Å². The van der Waals surface area contributed by atoms with Crippen LogP contribution in [0.15, 0.2) is 49.0 Å². The monoisotopic (exact) mass is 301 g/mol. The molecule has 0 bridgehead atoms. The zero-order valence-corrected chi connectivity index (χ0v) is 12.2. The number of benzene rings is 2. The summed E-state index contributed by atoms with van der Waals surface area (Å²) >= 11 is 7.42. The van der Waals surface area contributed by atoms with Crippen LogP contribution in [0.25, 0.3) is 16.6 Å². The zero-order valence-electron chi connectivity index (χ0n) is 10.6. The average Bonchev–Trinajstić information content (AvgIpc) is 2.95. The van der Waals surface area contributed by atoms with Gasteiger partial charge < -0.3 is 5.32 Å². The highest BCUT2D eigenvalue weighted by atomic mass is 35.5. The van der Waals surface area contributed by atoms with Crippen molar-refractivity contribution in [3.8, 4) is 0 Å². The van der Waals surface area contributed by atoms with Gasteiger partial charge in [-0.1, -0.05) is 48.5 Å². The minimum atomic E-state index is 0.611. The first-order valence-electron chi connectivity index (χ1n) is 6.13. The smallest absolute Gasteiger partial charge is 0.129 e. The van der Waals surface area contributed by atoms with Crippen molar-refractivity contribution in [1.82, 2.24) is 8.75 Å². The lowest BCUT2D eigenvalue weighted by atomic mass is 10.1. The molecule has 3 nitrogen and oxygen atoms in total. The number of nitrogens with zero attached hydrogens (tertiary/aromatic N) is 2. The fraction of sp³-hybridized carbons (Fsp3) is 0.0667. The summed E-state index contributed by atoms with van der Waals surface area (Å²) in [6.45, 7) is 4.71. The van der Waals surface area contributed by atoms with Crippen LogP contribution in [0.3, 0.4) is 0 Å². The number of anilines is 1. The molecule has 0 aliphatic carbocycles. The van der Waals surface area contributed by atoms with E-state index in [1.165, 1.54) is 11.7 Å². The Morgan fingerprint density at radius 3 is 2.75 bits per heavy atom. The Bertz CT molecular complexity index is 752. The molecule has 0 atom stereocenters. The zero-order chi connectivity index (χ0) is 13.9. The Morgan fingerprint density at radius 1 is 1.15 bits per heavy atom. The van der Waals surface area contributed by atoms with E-state index < -0.39 is 0 Å². The molecule has 0 aliphatic heterocycles. The summed E-state index contributed by atoms with van der Waals surface area (Å²) in [5.74, 6) is 0. The van der Waals surface area contributed by atoms with Crippen molar-refractivity contribution in [2.24, 2.45) is 0 Å². The molecule has 100 valence electrons. The van der Waals surface area contributed by atoms with Crippen LogP contribution < -0.4 is 5.32 Å². The molecule has 0 saturated heterocycles. The van der Waals surface area contributed by atoms with E-state index >= 15 is 0 Å². The van der Waals surface area contributed by atoms with Gasteiger partial charge in [0, 0.05) is 6.54 Å². The highest BCUT2D eigenvalue weighted by Gasteiger charge is 2.10. The van der Waals surface area contributed by atoms with Gasteiger partial charge in [0.1, 0.15) is 11.0 Å². The SMILES string of the molecule is C=C(CNc1c(Cl)ccc2nsnc12)c1ccccc1. The lowest BCUT2D eigenvalue weighted by molar-refractivity contribution is 1.35. The molecule has 0 aliphatic rings. The number of halogens is 1. The first-order valence-corrected chi connectivity index (χ1v) is 7.24. The third-order valence-electron chi connectivity index (χ3n) is 3.04. The Balaban J connectivity index is 1.82. The van der Waals surface area contributed by atoms with Crippen LogP contribution in [-0.4, -0.2) is 15.3 Å². The molecule has 3 rings (SSSR count). The quantitative estimate of drug-likeness (QED) is 0.772. The molecule has 3 aromatic rings. The van der Waals surface area contributed by atoms with Crippen LogP contribution in [0.5, 0.6) is 0 Å². The first kappa shape index (κ1) is 13.1. The predicted molar refractivity (Wildman–Crippen MR) is 86.4 cm³/mol. The Kier molecular flexibility index (Phi) is 3.67. The highest BCUT2D eigenvalue weighted by molar-refractivity contribution is 7.00. The molecule has 0 fully saturated rings. The van der Waals surface area contributed by atoms with Crippen LogP contribution >= 0.6 is 23.3 Å². The minimum Gasteiger partial charge on any atom is -0.378 e. The van der Waals surface area contributed by atoms with Crippen molar-refractivity contribution in [1.29, 1.82) is 0 Å². The maximum atomic E-state index is 6.23. The van der Waals surface area contributed by atoms with Crippen molar-refractivity contribution >= 4 is 45.6 Å². The van der Waals surface area contributed by atoms with Gasteiger partial charge in [-0.15, -0.1) is 0 Å². The van der Waals surface area contributed by atoms with Crippen molar-refractivity contribution < 1.29 is 0 Å². The summed E-state index contributed by atoms with van der Waals surface area (Å²) in [6, 6.07) is 13.8. The standard InChI is InChI=1S/C15H12ClN3S/c1-10(11-5-3-2-4-6-11)9-17-14-12(16)7-8-13-15(14)19-20-18-13/h2-8,17H,1,9H2. The number of nitrogens with one attached hydrogen (secondary N) is 1. The second-order valence-corrected chi connectivity index (χ2v) is 5.31. The van der Waals surface area contributed by atoms with E-state index in [-0.39, 0.29) is 0 Å². The number of aromatic nitrogens is 2. The lowest BCUT2D eigenvalue weighted by Gasteiger charge is -2.11. The highest BCUT2D eigenvalue weighted by Crippen LogP contribution is 2.30. The number of hydrogen-bond donors (Lipinski definition) is 1. The van der Waals surface area contributed by atoms with Gasteiger partial charge in [0.2, 0.25) is 0 Å². The van der Waals surface area contributed by atoms with Crippen LogP contribution in [-0.2, 0) is 0 Å². The van der Waals surface area contributed by atoms with Crippen LogP contribution in [0, 0.1) is 0 Å². The van der Waals surface area contributed by atoms with Crippen molar-refractivity contribution in [2.75, 3.05) is 11.9 Å². The summed E-state index contributed by atoms with van der Waals surface area (Å²) in [6.07, 6.45) is 0. The molecule has 1 aromatic heterocycles. The first-order chi connectivity index (χ1) is 9.75. The molecule has 2 aromatic carbocycles. The molecule has 1 N–H and O–H groups in total. The second kappa shape index (κ2) is 5.61. The fourth-order valence-electron chi connectivity index (χ4n) is 1.97. The van der Waals surface area contributed by atoms with Crippen LogP contribution in [0.4, 0.5) is 5.69 Å². The Hall–Kier alpha value is -1.91. The summed E-state index contributed by atoms with van der Waals surface area (Å²) in [5.41, 5.74) is 4.59. The van der Waals surface area contributed by atoms with E-state index in [2.05, 4.69) is 20.6 Å². The van der Waals surface area contributed by atoms with Gasteiger partial charge in [-0.2, -0.15) is 8.75 Å². The van der Waals surface area contributed by atoms with Gasteiger partial charge in [-0.25, -0.2) is 0 Å². The van der Waals surface area contributed by atoms with E-state index in [0.717, 1.165) is 27.9 Å². The average molecular weight is 302 g/mol. The molecule has 0 radical (unpaired) electrons. The summed E-state index contributed by atoms with van der Waals surface area (Å²) in [4.78, 5) is 0. The molecule has 5 heteroatoms. The number of fused-ring (bicyclic) bond motifs is 1. The van der Waals surface area contributed by atoms with Crippen LogP contribution in [0.1, 0.15) is 5.56 Å². The lowest BCUT2D eigenvalue weighted by Crippen LogP contribution is -2.04. The maximum Gasteiger partial charge on any atom is 0.129 e. The molecule has 1 heterocycles. The van der Waals surface area contributed by atoms with Gasteiger partial charge >= 0.3 is 0 Å². The molecule has 0 saturated carbocycles. The Morgan fingerprint density at radius 2 is 1.95 bits per heavy atom. The summed E-state index contributed by atoms with van der Waals surface area (Å²) in [5, 5.41) is 3.96. The largest absolute Gasteiger partial charge is 0.378 e. The van der Waals surface area contributed by atoms with E-state index in [1.807, 2.05) is 42.5 Å². The van der Waals surface area contributed by atoms with Gasteiger partial charge in [0.25, 0.3) is 0 Å². The third kappa shape index (κ3) is 2.53. The normalized spacial score (nSPS) is 10.7.